The average Bonchev–Trinajstić information content (AvgIpc) is 2.78. The number of aryl methyl sites for hydroxylation is 1. The maximum atomic E-state index is 5.41. The Labute approximate surface area is 65.4 Å². The highest BCUT2D eigenvalue weighted by Crippen LogP contribution is 2.24. The molecule has 0 aliphatic heterocycles. The van der Waals surface area contributed by atoms with Crippen molar-refractivity contribution in [2.24, 2.45) is 0 Å². The number of aromatic nitrogens is 2. The van der Waals surface area contributed by atoms with E-state index in [1.165, 1.54) is 0 Å². The summed E-state index contributed by atoms with van der Waals surface area (Å²) in [6.45, 7) is 1.91. The first-order valence-electron chi connectivity index (χ1n) is 3.80. The van der Waals surface area contributed by atoms with Crippen LogP contribution in [0.4, 0.5) is 0 Å². The van der Waals surface area contributed by atoms with Crippen LogP contribution in [0, 0.1) is 6.92 Å². The fraction of sp³-hybridized carbons (Fsp3) is 0.500. The molecule has 3 heteroatoms. The van der Waals surface area contributed by atoms with Crippen molar-refractivity contribution < 1.29 is 4.74 Å². The van der Waals surface area contributed by atoms with E-state index in [0.29, 0.717) is 12.0 Å². The molecule has 3 nitrogen and oxygen atoms in total. The molecule has 1 aliphatic carbocycles. The van der Waals surface area contributed by atoms with Crippen LogP contribution in [0.15, 0.2) is 12.4 Å². The Kier molecular flexibility index (Phi) is 1.49. The molecule has 0 aromatic carbocycles. The minimum Gasteiger partial charge on any atom is -0.473 e. The van der Waals surface area contributed by atoms with Crippen LogP contribution in [-0.4, -0.2) is 16.1 Å². The second-order valence-corrected chi connectivity index (χ2v) is 2.81. The lowest BCUT2D eigenvalue weighted by molar-refractivity contribution is 0.289. The first kappa shape index (κ1) is 6.58. The molecule has 0 unspecified atom stereocenters. The molecule has 0 atom stereocenters. The van der Waals surface area contributed by atoms with Gasteiger partial charge in [-0.3, -0.25) is 4.98 Å². The van der Waals surface area contributed by atoms with E-state index in [0.717, 1.165) is 18.5 Å². The van der Waals surface area contributed by atoms with Gasteiger partial charge in [0.2, 0.25) is 5.88 Å². The molecule has 0 N–H and O–H groups in total. The van der Waals surface area contributed by atoms with Crippen LogP contribution in [0.5, 0.6) is 5.88 Å². The molecule has 1 aromatic rings. The highest BCUT2D eigenvalue weighted by molar-refractivity contribution is 5.07. The lowest BCUT2D eigenvalue weighted by Crippen LogP contribution is -1.98. The van der Waals surface area contributed by atoms with Gasteiger partial charge in [0.05, 0.1) is 18.1 Å². The smallest absolute Gasteiger partial charge is 0.232 e. The minimum atomic E-state index is 0.409. The number of ether oxygens (including phenoxy) is 1. The van der Waals surface area contributed by atoms with E-state index in [-0.39, 0.29) is 0 Å². The van der Waals surface area contributed by atoms with Gasteiger partial charge in [-0.1, -0.05) is 0 Å². The van der Waals surface area contributed by atoms with Crippen LogP contribution in [0.25, 0.3) is 0 Å². The summed E-state index contributed by atoms with van der Waals surface area (Å²) in [7, 11) is 0. The molecule has 2 rings (SSSR count). The first-order valence-corrected chi connectivity index (χ1v) is 3.80. The Hall–Kier alpha value is -1.12. The summed E-state index contributed by atoms with van der Waals surface area (Å²) in [6, 6.07) is 0. The van der Waals surface area contributed by atoms with Crippen molar-refractivity contribution in [1.82, 2.24) is 9.97 Å². The molecule has 0 saturated heterocycles. The summed E-state index contributed by atoms with van der Waals surface area (Å²) in [5.41, 5.74) is 0.924. The van der Waals surface area contributed by atoms with E-state index in [4.69, 9.17) is 4.74 Å². The van der Waals surface area contributed by atoms with Crippen molar-refractivity contribution in [1.29, 1.82) is 0 Å². The molecule has 1 fully saturated rings. The molecule has 0 spiro atoms. The summed E-state index contributed by atoms with van der Waals surface area (Å²) < 4.78 is 5.41. The Morgan fingerprint density at radius 2 is 2.18 bits per heavy atom. The van der Waals surface area contributed by atoms with Gasteiger partial charge in [-0.15, -0.1) is 0 Å². The van der Waals surface area contributed by atoms with Crippen LogP contribution in [0.2, 0.25) is 0 Å². The Bertz CT molecular complexity index is 241. The average molecular weight is 150 g/mol. The van der Waals surface area contributed by atoms with Crippen LogP contribution in [0.1, 0.15) is 18.5 Å². The van der Waals surface area contributed by atoms with Gasteiger partial charge in [0, 0.05) is 0 Å². The predicted molar refractivity (Wildman–Crippen MR) is 40.4 cm³/mol. The third-order valence-electron chi connectivity index (χ3n) is 1.57. The molecule has 0 bridgehead atoms. The quantitative estimate of drug-likeness (QED) is 0.637. The fourth-order valence-electron chi connectivity index (χ4n) is 0.798. The number of hydrogen-bond acceptors (Lipinski definition) is 3. The molecule has 1 heterocycles. The summed E-state index contributed by atoms with van der Waals surface area (Å²) in [6.07, 6.45) is 6.13. The zero-order valence-corrected chi connectivity index (χ0v) is 6.45. The van der Waals surface area contributed by atoms with E-state index in [2.05, 4.69) is 9.97 Å². The van der Waals surface area contributed by atoms with E-state index in [1.807, 2.05) is 6.92 Å². The molecule has 58 valence electrons. The maximum absolute atomic E-state index is 5.41. The largest absolute Gasteiger partial charge is 0.473 e. The van der Waals surface area contributed by atoms with Crippen molar-refractivity contribution in [2.75, 3.05) is 0 Å². The molecule has 1 aromatic heterocycles. The van der Waals surface area contributed by atoms with Gasteiger partial charge in [0.1, 0.15) is 6.10 Å². The Balaban J connectivity index is 2.06. The summed E-state index contributed by atoms with van der Waals surface area (Å²) >= 11 is 0. The summed E-state index contributed by atoms with van der Waals surface area (Å²) in [5, 5.41) is 0. The highest BCUT2D eigenvalue weighted by Gasteiger charge is 2.23. The van der Waals surface area contributed by atoms with Crippen LogP contribution in [-0.2, 0) is 0 Å². The van der Waals surface area contributed by atoms with Crippen LogP contribution < -0.4 is 4.74 Å². The van der Waals surface area contributed by atoms with Crippen LogP contribution >= 0.6 is 0 Å². The lowest BCUT2D eigenvalue weighted by atomic mass is 10.5. The van der Waals surface area contributed by atoms with Gasteiger partial charge in [0.15, 0.2) is 0 Å². The molecular formula is C8H10N2O. The third kappa shape index (κ3) is 1.67. The van der Waals surface area contributed by atoms with Gasteiger partial charge in [0.25, 0.3) is 0 Å². The van der Waals surface area contributed by atoms with E-state index < -0.39 is 0 Å². The maximum Gasteiger partial charge on any atom is 0.232 e. The Morgan fingerprint density at radius 3 is 2.73 bits per heavy atom. The molecular weight excluding hydrogens is 140 g/mol. The van der Waals surface area contributed by atoms with Crippen LogP contribution in [0.3, 0.4) is 0 Å². The van der Waals surface area contributed by atoms with Gasteiger partial charge in [-0.25, -0.2) is 4.98 Å². The monoisotopic (exact) mass is 150 g/mol. The first-order chi connectivity index (χ1) is 5.34. The van der Waals surface area contributed by atoms with Gasteiger partial charge >= 0.3 is 0 Å². The zero-order valence-electron chi connectivity index (χ0n) is 6.45. The van der Waals surface area contributed by atoms with Crippen molar-refractivity contribution in [3.63, 3.8) is 0 Å². The second-order valence-electron chi connectivity index (χ2n) is 2.81. The lowest BCUT2D eigenvalue weighted by Gasteiger charge is -2.00. The van der Waals surface area contributed by atoms with Crippen molar-refractivity contribution in [2.45, 2.75) is 25.9 Å². The van der Waals surface area contributed by atoms with Crippen molar-refractivity contribution in [3.8, 4) is 5.88 Å². The SMILES string of the molecule is Cc1cnc(OC2CC2)cn1. The van der Waals surface area contributed by atoms with E-state index in [9.17, 15) is 0 Å². The number of hydrogen-bond donors (Lipinski definition) is 0. The molecule has 1 aliphatic rings. The number of rotatable bonds is 2. The van der Waals surface area contributed by atoms with Crippen molar-refractivity contribution in [3.05, 3.63) is 18.1 Å². The molecule has 1 saturated carbocycles. The zero-order chi connectivity index (χ0) is 7.68. The molecule has 0 amide bonds. The normalized spacial score (nSPS) is 16.5. The molecule has 11 heavy (non-hydrogen) atoms. The number of nitrogens with zero attached hydrogens (tertiary/aromatic N) is 2. The molecule has 0 radical (unpaired) electrons. The second kappa shape index (κ2) is 2.49. The minimum absolute atomic E-state index is 0.409. The third-order valence-corrected chi connectivity index (χ3v) is 1.57. The van der Waals surface area contributed by atoms with Crippen molar-refractivity contribution >= 4 is 0 Å². The fourth-order valence-corrected chi connectivity index (χ4v) is 0.798. The topological polar surface area (TPSA) is 35.0 Å². The van der Waals surface area contributed by atoms with Gasteiger partial charge in [-0.05, 0) is 19.8 Å². The van der Waals surface area contributed by atoms with Gasteiger partial charge in [-0.2, -0.15) is 0 Å². The predicted octanol–water partition coefficient (Wildman–Crippen LogP) is 1.33. The Morgan fingerprint density at radius 1 is 1.36 bits per heavy atom. The standard InChI is InChI=1S/C8H10N2O/c1-6-4-10-8(5-9-6)11-7-2-3-7/h4-5,7H,2-3H2,1H3. The summed E-state index contributed by atoms with van der Waals surface area (Å²) in [4.78, 5) is 8.15. The van der Waals surface area contributed by atoms with E-state index in [1.54, 1.807) is 12.4 Å². The highest BCUT2D eigenvalue weighted by atomic mass is 16.5. The summed E-state index contributed by atoms with van der Waals surface area (Å²) in [5.74, 6) is 0.651. The van der Waals surface area contributed by atoms with Gasteiger partial charge < -0.3 is 4.74 Å². The van der Waals surface area contributed by atoms with E-state index >= 15 is 0 Å².